The molecule has 0 saturated carbocycles. The molecule has 0 spiro atoms. The van der Waals surface area contributed by atoms with E-state index in [4.69, 9.17) is 4.74 Å². The molecule has 84 valence electrons. The lowest BCUT2D eigenvalue weighted by Crippen LogP contribution is -2.21. The topological polar surface area (TPSA) is 39.1 Å². The highest BCUT2D eigenvalue weighted by atomic mass is 16.5. The summed E-state index contributed by atoms with van der Waals surface area (Å²) in [4.78, 5) is 0. The number of hydrogen-bond donors (Lipinski definition) is 1. The van der Waals surface area contributed by atoms with Crippen LogP contribution in [0.1, 0.15) is 37.4 Å². The van der Waals surface area contributed by atoms with Gasteiger partial charge >= 0.3 is 0 Å². The fraction of sp³-hybridized carbons (Fsp3) is 0.727. The number of rotatable bonds is 3. The van der Waals surface area contributed by atoms with E-state index in [2.05, 4.69) is 23.5 Å². The molecule has 2 rings (SSSR count). The fourth-order valence-electron chi connectivity index (χ4n) is 1.88. The average molecular weight is 209 g/mol. The Morgan fingerprint density at radius 3 is 3.20 bits per heavy atom. The van der Waals surface area contributed by atoms with Crippen molar-refractivity contribution in [1.29, 1.82) is 0 Å². The second kappa shape index (κ2) is 4.77. The van der Waals surface area contributed by atoms with Gasteiger partial charge in [0.1, 0.15) is 0 Å². The van der Waals surface area contributed by atoms with Crippen molar-refractivity contribution >= 4 is 0 Å². The molecule has 0 bridgehead atoms. The molecule has 2 atom stereocenters. The van der Waals surface area contributed by atoms with Crippen LogP contribution in [-0.2, 0) is 4.74 Å². The summed E-state index contributed by atoms with van der Waals surface area (Å²) in [6.07, 6.45) is 6.38. The molecule has 0 radical (unpaired) electrons. The highest BCUT2D eigenvalue weighted by Gasteiger charge is 2.17. The highest BCUT2D eigenvalue weighted by Crippen LogP contribution is 2.20. The second-order valence-electron chi connectivity index (χ2n) is 4.14. The maximum Gasteiger partial charge on any atom is 0.0753 e. The molecule has 15 heavy (non-hydrogen) atoms. The Bertz CT molecular complexity index is 305. The first-order valence-corrected chi connectivity index (χ1v) is 5.60. The summed E-state index contributed by atoms with van der Waals surface area (Å²) in [5.41, 5.74) is 1.24. The lowest BCUT2D eigenvalue weighted by Gasteiger charge is -2.22. The minimum atomic E-state index is 0.364. The van der Waals surface area contributed by atoms with Crippen molar-refractivity contribution in [3.05, 3.63) is 18.0 Å². The van der Waals surface area contributed by atoms with Crippen molar-refractivity contribution in [3.8, 4) is 0 Å². The average Bonchev–Trinajstić information content (AvgIpc) is 2.78. The van der Waals surface area contributed by atoms with Gasteiger partial charge in [-0.05, 0) is 26.8 Å². The van der Waals surface area contributed by atoms with Gasteiger partial charge in [0.25, 0.3) is 0 Å². The third kappa shape index (κ3) is 2.38. The van der Waals surface area contributed by atoms with Gasteiger partial charge in [-0.25, -0.2) is 0 Å². The molecule has 1 fully saturated rings. The Kier molecular flexibility index (Phi) is 3.38. The SMILES string of the molecule is CNC(C)c1cnn(C2CCCOC2)c1. The van der Waals surface area contributed by atoms with E-state index in [9.17, 15) is 0 Å². The van der Waals surface area contributed by atoms with Crippen molar-refractivity contribution in [1.82, 2.24) is 15.1 Å². The Hall–Kier alpha value is -0.870. The normalized spacial score (nSPS) is 24.0. The van der Waals surface area contributed by atoms with E-state index in [1.165, 1.54) is 12.0 Å². The van der Waals surface area contributed by atoms with Gasteiger partial charge < -0.3 is 10.1 Å². The van der Waals surface area contributed by atoms with Crippen molar-refractivity contribution in [2.45, 2.75) is 31.8 Å². The van der Waals surface area contributed by atoms with Crippen LogP contribution in [0.25, 0.3) is 0 Å². The van der Waals surface area contributed by atoms with Crippen LogP contribution in [0.2, 0.25) is 0 Å². The molecule has 1 N–H and O–H groups in total. The van der Waals surface area contributed by atoms with Crippen molar-refractivity contribution < 1.29 is 4.74 Å². The lowest BCUT2D eigenvalue weighted by molar-refractivity contribution is 0.0549. The molecular weight excluding hydrogens is 190 g/mol. The molecule has 1 aliphatic heterocycles. The predicted molar refractivity (Wildman–Crippen MR) is 58.8 cm³/mol. The molecule has 1 aromatic heterocycles. The first-order valence-electron chi connectivity index (χ1n) is 5.60. The summed E-state index contributed by atoms with van der Waals surface area (Å²) >= 11 is 0. The number of nitrogens with zero attached hydrogens (tertiary/aromatic N) is 2. The third-order valence-corrected chi connectivity index (χ3v) is 3.06. The molecule has 2 heterocycles. The van der Waals surface area contributed by atoms with Crippen LogP contribution in [0.15, 0.2) is 12.4 Å². The van der Waals surface area contributed by atoms with Crippen LogP contribution in [0.5, 0.6) is 0 Å². The molecule has 4 nitrogen and oxygen atoms in total. The van der Waals surface area contributed by atoms with Crippen LogP contribution < -0.4 is 5.32 Å². The summed E-state index contributed by atoms with van der Waals surface area (Å²) < 4.78 is 7.50. The first kappa shape index (κ1) is 10.6. The van der Waals surface area contributed by atoms with Crippen molar-refractivity contribution in [2.24, 2.45) is 0 Å². The summed E-state index contributed by atoms with van der Waals surface area (Å²) in [6.45, 7) is 3.84. The summed E-state index contributed by atoms with van der Waals surface area (Å²) in [7, 11) is 1.96. The van der Waals surface area contributed by atoms with E-state index in [1.54, 1.807) is 0 Å². The molecule has 1 saturated heterocycles. The Morgan fingerprint density at radius 2 is 2.53 bits per heavy atom. The number of nitrogens with one attached hydrogen (secondary N) is 1. The van der Waals surface area contributed by atoms with Gasteiger partial charge in [-0.1, -0.05) is 0 Å². The van der Waals surface area contributed by atoms with Gasteiger partial charge in [0, 0.05) is 24.4 Å². The quantitative estimate of drug-likeness (QED) is 0.820. The maximum absolute atomic E-state index is 5.46. The molecule has 4 heteroatoms. The van der Waals surface area contributed by atoms with Gasteiger partial charge in [-0.3, -0.25) is 4.68 Å². The van der Waals surface area contributed by atoms with Gasteiger partial charge in [0.05, 0.1) is 18.8 Å². The standard InChI is InChI=1S/C11H19N3O/c1-9(12-2)10-6-13-14(7-10)11-4-3-5-15-8-11/h6-7,9,11-12H,3-5,8H2,1-2H3. The maximum atomic E-state index is 5.46. The third-order valence-electron chi connectivity index (χ3n) is 3.06. The zero-order valence-electron chi connectivity index (χ0n) is 9.44. The van der Waals surface area contributed by atoms with Crippen molar-refractivity contribution in [2.75, 3.05) is 20.3 Å². The molecule has 0 aliphatic carbocycles. The van der Waals surface area contributed by atoms with Crippen LogP contribution in [-0.4, -0.2) is 30.0 Å². The van der Waals surface area contributed by atoms with E-state index in [-0.39, 0.29) is 0 Å². The molecule has 2 unspecified atom stereocenters. The minimum Gasteiger partial charge on any atom is -0.379 e. The molecule has 0 amide bonds. The predicted octanol–water partition coefficient (Wildman–Crippen LogP) is 1.51. The van der Waals surface area contributed by atoms with E-state index in [0.29, 0.717) is 12.1 Å². The Labute approximate surface area is 90.6 Å². The lowest BCUT2D eigenvalue weighted by atomic mass is 10.1. The van der Waals surface area contributed by atoms with Gasteiger partial charge in [-0.2, -0.15) is 5.10 Å². The Morgan fingerprint density at radius 1 is 1.67 bits per heavy atom. The zero-order chi connectivity index (χ0) is 10.7. The molecular formula is C11H19N3O. The van der Waals surface area contributed by atoms with E-state index < -0.39 is 0 Å². The molecule has 1 aromatic rings. The monoisotopic (exact) mass is 209 g/mol. The smallest absolute Gasteiger partial charge is 0.0753 e. The minimum absolute atomic E-state index is 0.364. The number of aromatic nitrogens is 2. The summed E-state index contributed by atoms with van der Waals surface area (Å²) in [5, 5.41) is 7.62. The van der Waals surface area contributed by atoms with Crippen LogP contribution in [0, 0.1) is 0 Å². The van der Waals surface area contributed by atoms with Crippen molar-refractivity contribution in [3.63, 3.8) is 0 Å². The second-order valence-corrected chi connectivity index (χ2v) is 4.14. The van der Waals surface area contributed by atoms with Crippen LogP contribution in [0.3, 0.4) is 0 Å². The van der Waals surface area contributed by atoms with E-state index in [1.807, 2.05) is 17.9 Å². The van der Waals surface area contributed by atoms with Crippen LogP contribution >= 0.6 is 0 Å². The Balaban J connectivity index is 2.05. The van der Waals surface area contributed by atoms with Gasteiger partial charge in [0.2, 0.25) is 0 Å². The van der Waals surface area contributed by atoms with Gasteiger partial charge in [0.15, 0.2) is 0 Å². The number of ether oxygens (including phenoxy) is 1. The molecule has 1 aliphatic rings. The van der Waals surface area contributed by atoms with Gasteiger partial charge in [-0.15, -0.1) is 0 Å². The largest absolute Gasteiger partial charge is 0.379 e. The zero-order valence-corrected chi connectivity index (χ0v) is 9.44. The first-order chi connectivity index (χ1) is 7.31. The van der Waals surface area contributed by atoms with Crippen LogP contribution in [0.4, 0.5) is 0 Å². The molecule has 0 aromatic carbocycles. The fourth-order valence-corrected chi connectivity index (χ4v) is 1.88. The highest BCUT2D eigenvalue weighted by molar-refractivity contribution is 5.09. The van der Waals surface area contributed by atoms with E-state index >= 15 is 0 Å². The van der Waals surface area contributed by atoms with E-state index in [0.717, 1.165) is 19.6 Å². The summed E-state index contributed by atoms with van der Waals surface area (Å²) in [5.74, 6) is 0. The number of hydrogen-bond acceptors (Lipinski definition) is 3. The summed E-state index contributed by atoms with van der Waals surface area (Å²) in [6, 6.07) is 0.791.